The van der Waals surface area contributed by atoms with Crippen molar-refractivity contribution in [2.75, 3.05) is 5.75 Å². The maximum Gasteiger partial charge on any atom is 0.301 e. The van der Waals surface area contributed by atoms with Crippen LogP contribution in [0.25, 0.3) is 11.2 Å². The number of fused-ring (bicyclic) bond motifs is 3. The minimum absolute atomic E-state index is 0.00560. The smallest absolute Gasteiger partial charge is 0.295 e. The third-order valence-corrected chi connectivity index (χ3v) is 7.52. The molecule has 0 aliphatic carbocycles. The van der Waals surface area contributed by atoms with Crippen molar-refractivity contribution >= 4 is 34.7 Å². The van der Waals surface area contributed by atoms with Crippen molar-refractivity contribution in [1.82, 2.24) is 19.5 Å². The van der Waals surface area contributed by atoms with Crippen LogP contribution in [-0.2, 0) is 0 Å². The van der Waals surface area contributed by atoms with Gasteiger partial charge in [-0.25, -0.2) is 9.97 Å². The summed E-state index contributed by atoms with van der Waals surface area (Å²) in [7, 11) is 0. The Morgan fingerprint density at radius 3 is 2.59 bits per heavy atom. The highest BCUT2D eigenvalue weighted by Crippen LogP contribution is 2.43. The quantitative estimate of drug-likeness (QED) is 0.461. The molecule has 2 aromatic heterocycles. The van der Waals surface area contributed by atoms with Crippen LogP contribution in [-0.4, -0.2) is 30.5 Å². The Kier molecular flexibility index (Phi) is 4.85. The fraction of sp³-hybridized carbons (Fsp3) is 0.182. The summed E-state index contributed by atoms with van der Waals surface area (Å²) in [5, 5.41) is 0.963. The zero-order valence-corrected chi connectivity index (χ0v) is 17.4. The number of hydrogen-bond acceptors (Lipinski definition) is 6. The van der Waals surface area contributed by atoms with Crippen molar-refractivity contribution in [3.63, 3.8) is 0 Å². The molecule has 0 saturated carbocycles. The lowest BCUT2D eigenvalue weighted by atomic mass is 10.0. The highest BCUT2D eigenvalue weighted by molar-refractivity contribution is 8.03. The summed E-state index contributed by atoms with van der Waals surface area (Å²) in [5.74, 6) is 0.857. The number of aromatic nitrogens is 4. The Labute approximate surface area is 176 Å². The van der Waals surface area contributed by atoms with Gasteiger partial charge >= 0.3 is 5.56 Å². The van der Waals surface area contributed by atoms with Crippen LogP contribution in [0.2, 0.25) is 0 Å². The van der Waals surface area contributed by atoms with Gasteiger partial charge in [0.05, 0.1) is 6.04 Å². The first-order valence-electron chi connectivity index (χ1n) is 9.35. The van der Waals surface area contributed by atoms with E-state index in [0.717, 1.165) is 5.75 Å². The zero-order chi connectivity index (χ0) is 19.8. The zero-order valence-electron chi connectivity index (χ0n) is 15.7. The second-order valence-corrected chi connectivity index (χ2v) is 9.23. The highest BCUT2D eigenvalue weighted by Gasteiger charge is 2.34. The van der Waals surface area contributed by atoms with Crippen LogP contribution in [0.3, 0.4) is 0 Å². The molecule has 1 aliphatic heterocycles. The Hall–Kier alpha value is -2.64. The van der Waals surface area contributed by atoms with Gasteiger partial charge in [0.2, 0.25) is 0 Å². The van der Waals surface area contributed by atoms with E-state index in [1.54, 1.807) is 24.2 Å². The topological polar surface area (TPSA) is 60.7 Å². The van der Waals surface area contributed by atoms with Crippen LogP contribution >= 0.6 is 23.5 Å². The number of benzene rings is 2. The van der Waals surface area contributed by atoms with Crippen LogP contribution < -0.4 is 5.56 Å². The van der Waals surface area contributed by atoms with Crippen molar-refractivity contribution in [2.24, 2.45) is 0 Å². The lowest BCUT2D eigenvalue weighted by molar-refractivity contribution is 0.519. The van der Waals surface area contributed by atoms with Gasteiger partial charge in [0.15, 0.2) is 16.3 Å². The maximum absolute atomic E-state index is 12.5. The first-order chi connectivity index (χ1) is 14.2. The Balaban J connectivity index is 1.68. The molecule has 0 fully saturated rings. The van der Waals surface area contributed by atoms with Gasteiger partial charge in [0.25, 0.3) is 0 Å². The summed E-state index contributed by atoms with van der Waals surface area (Å²) in [4.78, 5) is 26.8. The van der Waals surface area contributed by atoms with E-state index in [4.69, 9.17) is 0 Å². The average Bonchev–Trinajstić information content (AvgIpc) is 2.76. The van der Waals surface area contributed by atoms with E-state index >= 15 is 0 Å². The second-order valence-electron chi connectivity index (χ2n) is 6.93. The van der Waals surface area contributed by atoms with E-state index < -0.39 is 0 Å². The Bertz CT molecular complexity index is 1230. The van der Waals surface area contributed by atoms with Gasteiger partial charge in [-0.3, -0.25) is 9.36 Å². The molecule has 0 radical (unpaired) electrons. The van der Waals surface area contributed by atoms with Crippen molar-refractivity contribution in [3.8, 4) is 0 Å². The maximum atomic E-state index is 12.5. The van der Waals surface area contributed by atoms with Crippen LogP contribution in [0.1, 0.15) is 17.2 Å². The van der Waals surface area contributed by atoms with Crippen LogP contribution in [0.4, 0.5) is 0 Å². The minimum atomic E-state index is -0.316. The predicted octanol–water partition coefficient (Wildman–Crippen LogP) is 4.35. The number of nitrogens with zero attached hydrogens (tertiary/aromatic N) is 4. The average molecular weight is 419 g/mol. The molecule has 5 nitrogen and oxygen atoms in total. The van der Waals surface area contributed by atoms with Gasteiger partial charge in [0, 0.05) is 28.3 Å². The fourth-order valence-corrected chi connectivity index (χ4v) is 6.12. The molecule has 2 unspecified atom stereocenters. The first-order valence-corrected chi connectivity index (χ1v) is 11.2. The number of hydrogen-bond donors (Lipinski definition) is 0. The second kappa shape index (κ2) is 7.65. The predicted molar refractivity (Wildman–Crippen MR) is 118 cm³/mol. The van der Waals surface area contributed by atoms with E-state index in [0.29, 0.717) is 16.3 Å². The summed E-state index contributed by atoms with van der Waals surface area (Å²) in [6, 6.07) is 19.0. The van der Waals surface area contributed by atoms with Crippen molar-refractivity contribution in [2.45, 2.75) is 28.3 Å². The summed E-state index contributed by atoms with van der Waals surface area (Å²) in [6.07, 6.45) is 3.18. The first kappa shape index (κ1) is 18.4. The number of rotatable bonds is 3. The molecule has 4 aromatic rings. The summed E-state index contributed by atoms with van der Waals surface area (Å²) in [6.45, 7) is 2.10. The third-order valence-electron chi connectivity index (χ3n) is 4.97. The van der Waals surface area contributed by atoms with E-state index in [1.165, 1.54) is 16.0 Å². The van der Waals surface area contributed by atoms with E-state index in [-0.39, 0.29) is 16.9 Å². The normalized spacial score (nSPS) is 18.5. The lowest BCUT2D eigenvalue weighted by Gasteiger charge is -2.35. The molecule has 0 N–H and O–H groups in total. The van der Waals surface area contributed by atoms with Crippen LogP contribution in [0.15, 0.2) is 81.8 Å². The molecule has 3 heterocycles. The van der Waals surface area contributed by atoms with Crippen molar-refractivity contribution in [3.05, 3.63) is 88.5 Å². The SMILES string of the molecule is Cc1ccc(SC2CSc3nc(=O)c4nccnc4n3C2c2ccccc2)cc1. The number of aryl methyl sites for hydroxylation is 1. The van der Waals surface area contributed by atoms with Crippen molar-refractivity contribution in [1.29, 1.82) is 0 Å². The van der Waals surface area contributed by atoms with Gasteiger partial charge in [0.1, 0.15) is 0 Å². The third kappa shape index (κ3) is 3.45. The van der Waals surface area contributed by atoms with E-state index in [9.17, 15) is 4.79 Å². The molecule has 0 saturated heterocycles. The molecule has 0 spiro atoms. The number of thioether (sulfide) groups is 2. The van der Waals surface area contributed by atoms with Gasteiger partial charge in [-0.2, -0.15) is 4.98 Å². The molecule has 29 heavy (non-hydrogen) atoms. The summed E-state index contributed by atoms with van der Waals surface area (Å²) >= 11 is 3.47. The van der Waals surface area contributed by atoms with Gasteiger partial charge < -0.3 is 0 Å². The van der Waals surface area contributed by atoms with Gasteiger partial charge in [-0.1, -0.05) is 59.8 Å². The molecule has 1 aliphatic rings. The molecule has 0 amide bonds. The van der Waals surface area contributed by atoms with Crippen molar-refractivity contribution < 1.29 is 0 Å². The molecule has 0 bridgehead atoms. The molecular formula is C22H18N4OS2. The molecule has 5 rings (SSSR count). The monoisotopic (exact) mass is 418 g/mol. The molecular weight excluding hydrogens is 400 g/mol. The lowest BCUT2D eigenvalue weighted by Crippen LogP contribution is -2.33. The molecule has 144 valence electrons. The van der Waals surface area contributed by atoms with E-state index in [1.807, 2.05) is 30.0 Å². The standard InChI is InChI=1S/C22H18N4OS2/c1-14-7-9-16(10-8-14)29-17-13-28-22-25-21(27)18-20(24-12-11-23-18)26(22)19(17)15-5-3-2-4-6-15/h2-12,17,19H,13H2,1H3. The van der Waals surface area contributed by atoms with E-state index in [2.05, 4.69) is 62.8 Å². The molecule has 2 atom stereocenters. The van der Waals surface area contributed by atoms with Gasteiger partial charge in [-0.15, -0.1) is 11.8 Å². The Morgan fingerprint density at radius 2 is 1.79 bits per heavy atom. The Morgan fingerprint density at radius 1 is 1.03 bits per heavy atom. The largest absolute Gasteiger partial charge is 0.301 e. The van der Waals surface area contributed by atoms with Gasteiger partial charge in [-0.05, 0) is 24.6 Å². The minimum Gasteiger partial charge on any atom is -0.295 e. The fourth-order valence-electron chi connectivity index (χ4n) is 3.61. The highest BCUT2D eigenvalue weighted by atomic mass is 32.2. The summed E-state index contributed by atoms with van der Waals surface area (Å²) < 4.78 is 2.10. The summed E-state index contributed by atoms with van der Waals surface area (Å²) in [5.41, 5.74) is 3.02. The van der Waals surface area contributed by atoms with Crippen LogP contribution in [0, 0.1) is 6.92 Å². The van der Waals surface area contributed by atoms with Crippen LogP contribution in [0.5, 0.6) is 0 Å². The molecule has 2 aromatic carbocycles. The molecule has 7 heteroatoms.